The van der Waals surface area contributed by atoms with Crippen molar-refractivity contribution in [2.45, 2.75) is 0 Å². The first-order chi connectivity index (χ1) is 9.11. The molecule has 0 saturated heterocycles. The second kappa shape index (κ2) is 7.93. The molecule has 0 spiro atoms. The largest absolute Gasteiger partial charge is 0.478 e. The van der Waals surface area contributed by atoms with Gasteiger partial charge in [-0.05, 0) is 6.07 Å². The zero-order valence-corrected chi connectivity index (χ0v) is 11.7. The molecule has 0 atom stereocenters. The maximum absolute atomic E-state index is 11.0. The molecule has 0 fully saturated rings. The minimum absolute atomic E-state index is 0.0338. The number of methoxy groups -OCH3 is 2. The fourth-order valence-electron chi connectivity index (χ4n) is 1.54. The van der Waals surface area contributed by atoms with E-state index in [9.17, 15) is 4.79 Å². The van der Waals surface area contributed by atoms with Crippen LogP contribution in [-0.2, 0) is 9.47 Å². The number of halogens is 1. The molecule has 0 amide bonds. The number of rotatable bonds is 8. The van der Waals surface area contributed by atoms with E-state index in [2.05, 4.69) is 4.98 Å². The number of carboxylic acid groups (broad SMARTS) is 1. The van der Waals surface area contributed by atoms with Gasteiger partial charge in [-0.2, -0.15) is 0 Å². The highest BCUT2D eigenvalue weighted by molar-refractivity contribution is 6.35. The number of aromatic nitrogens is 1. The summed E-state index contributed by atoms with van der Waals surface area (Å²) in [6, 6.07) is 1.37. The van der Waals surface area contributed by atoms with Gasteiger partial charge in [0, 0.05) is 33.5 Å². The van der Waals surface area contributed by atoms with Gasteiger partial charge < -0.3 is 19.5 Å². The molecule has 1 aromatic heterocycles. The Labute approximate surface area is 116 Å². The summed E-state index contributed by atoms with van der Waals surface area (Å²) in [5.74, 6) is -0.650. The third kappa shape index (κ3) is 4.34. The number of carbonyl (C=O) groups is 1. The monoisotopic (exact) mass is 288 g/mol. The van der Waals surface area contributed by atoms with E-state index in [1.165, 1.54) is 12.3 Å². The van der Waals surface area contributed by atoms with Crippen LogP contribution >= 0.6 is 11.6 Å². The maximum atomic E-state index is 11.0. The molecule has 0 unspecified atom stereocenters. The Hall–Kier alpha value is -1.37. The zero-order valence-electron chi connectivity index (χ0n) is 10.9. The fraction of sp³-hybridized carbons (Fsp3) is 0.500. The Morgan fingerprint density at radius 2 is 1.95 bits per heavy atom. The minimum Gasteiger partial charge on any atom is -0.478 e. The van der Waals surface area contributed by atoms with E-state index in [0.29, 0.717) is 32.1 Å². The molecule has 1 N–H and O–H groups in total. The highest BCUT2D eigenvalue weighted by Gasteiger charge is 2.17. The van der Waals surface area contributed by atoms with Crippen molar-refractivity contribution in [2.24, 2.45) is 0 Å². The average molecular weight is 289 g/mol. The normalized spacial score (nSPS) is 10.5. The van der Waals surface area contributed by atoms with Gasteiger partial charge in [-0.1, -0.05) is 11.6 Å². The number of carboxylic acids is 1. The lowest BCUT2D eigenvalue weighted by molar-refractivity contribution is 0.0697. The molecule has 0 aliphatic heterocycles. The fourth-order valence-corrected chi connectivity index (χ4v) is 1.86. The van der Waals surface area contributed by atoms with Crippen LogP contribution in [0.5, 0.6) is 0 Å². The van der Waals surface area contributed by atoms with Crippen molar-refractivity contribution in [3.63, 3.8) is 0 Å². The van der Waals surface area contributed by atoms with Crippen molar-refractivity contribution < 1.29 is 19.4 Å². The molecule has 6 nitrogen and oxygen atoms in total. The molecule has 0 aromatic carbocycles. The van der Waals surface area contributed by atoms with E-state index < -0.39 is 5.97 Å². The first-order valence-electron chi connectivity index (χ1n) is 5.72. The van der Waals surface area contributed by atoms with Crippen molar-refractivity contribution >= 4 is 23.4 Å². The average Bonchev–Trinajstić information content (AvgIpc) is 2.39. The first kappa shape index (κ1) is 15.7. The molecule has 0 bridgehead atoms. The summed E-state index contributed by atoms with van der Waals surface area (Å²) in [6.07, 6.45) is 1.43. The second-order valence-electron chi connectivity index (χ2n) is 3.77. The summed E-state index contributed by atoms with van der Waals surface area (Å²) in [7, 11) is 3.19. The number of aromatic carboxylic acids is 1. The lowest BCUT2D eigenvalue weighted by Gasteiger charge is -2.24. The van der Waals surface area contributed by atoms with E-state index >= 15 is 0 Å². The third-order valence-corrected chi connectivity index (χ3v) is 2.90. The third-order valence-electron chi connectivity index (χ3n) is 2.53. The Morgan fingerprint density at radius 3 is 2.42 bits per heavy atom. The van der Waals surface area contributed by atoms with Crippen LogP contribution in [0.2, 0.25) is 5.02 Å². The van der Waals surface area contributed by atoms with Gasteiger partial charge >= 0.3 is 5.97 Å². The van der Waals surface area contributed by atoms with E-state index in [0.717, 1.165) is 0 Å². The van der Waals surface area contributed by atoms with E-state index in [1.807, 2.05) is 4.90 Å². The van der Waals surface area contributed by atoms with Crippen LogP contribution in [0, 0.1) is 0 Å². The summed E-state index contributed by atoms with van der Waals surface area (Å²) in [5.41, 5.74) is 0.0338. The SMILES string of the molecule is COCCN(CCOC)c1nccc(C(=O)O)c1Cl. The van der Waals surface area contributed by atoms with Crippen LogP contribution < -0.4 is 4.90 Å². The lowest BCUT2D eigenvalue weighted by Crippen LogP contribution is -2.31. The molecule has 0 aliphatic rings. The summed E-state index contributed by atoms with van der Waals surface area (Å²) >= 11 is 6.09. The molecular weight excluding hydrogens is 272 g/mol. The Bertz CT molecular complexity index is 420. The molecule has 0 radical (unpaired) electrons. The summed E-state index contributed by atoms with van der Waals surface area (Å²) in [5, 5.41) is 9.17. The molecule has 0 aliphatic carbocycles. The highest BCUT2D eigenvalue weighted by Crippen LogP contribution is 2.26. The predicted molar refractivity (Wildman–Crippen MR) is 72.2 cm³/mol. The predicted octanol–water partition coefficient (Wildman–Crippen LogP) is 1.53. The molecule has 1 rings (SSSR count). The van der Waals surface area contributed by atoms with Crippen molar-refractivity contribution in [1.82, 2.24) is 4.98 Å². The van der Waals surface area contributed by atoms with Crippen LogP contribution in [0.25, 0.3) is 0 Å². The molecule has 7 heteroatoms. The Morgan fingerprint density at radius 1 is 1.37 bits per heavy atom. The van der Waals surface area contributed by atoms with Gasteiger partial charge in [0.15, 0.2) is 0 Å². The molecule has 1 heterocycles. The lowest BCUT2D eigenvalue weighted by atomic mass is 10.2. The van der Waals surface area contributed by atoms with Crippen molar-refractivity contribution in [2.75, 3.05) is 45.4 Å². The molecule has 1 aromatic rings. The summed E-state index contributed by atoms with van der Waals surface area (Å²) in [6.45, 7) is 2.07. The Balaban J connectivity index is 2.99. The van der Waals surface area contributed by atoms with Crippen molar-refractivity contribution in [3.05, 3.63) is 22.8 Å². The van der Waals surface area contributed by atoms with E-state index in [1.54, 1.807) is 14.2 Å². The Kier molecular flexibility index (Phi) is 6.55. The number of hydrogen-bond donors (Lipinski definition) is 1. The maximum Gasteiger partial charge on any atom is 0.337 e. The molecule has 106 valence electrons. The van der Waals surface area contributed by atoms with Crippen LogP contribution in [0.1, 0.15) is 10.4 Å². The molecule has 0 saturated carbocycles. The van der Waals surface area contributed by atoms with Crippen LogP contribution in [0.15, 0.2) is 12.3 Å². The summed E-state index contributed by atoms with van der Waals surface area (Å²) in [4.78, 5) is 17.0. The number of hydrogen-bond acceptors (Lipinski definition) is 5. The minimum atomic E-state index is -1.08. The van der Waals surface area contributed by atoms with Gasteiger partial charge in [0.2, 0.25) is 0 Å². The van der Waals surface area contributed by atoms with Crippen molar-refractivity contribution in [1.29, 1.82) is 0 Å². The smallest absolute Gasteiger partial charge is 0.337 e. The molecule has 19 heavy (non-hydrogen) atoms. The number of pyridine rings is 1. The molecular formula is C12H17ClN2O4. The quantitative estimate of drug-likeness (QED) is 0.782. The second-order valence-corrected chi connectivity index (χ2v) is 4.15. The number of anilines is 1. The van der Waals surface area contributed by atoms with E-state index in [4.69, 9.17) is 26.2 Å². The van der Waals surface area contributed by atoms with Gasteiger partial charge in [0.1, 0.15) is 5.82 Å². The van der Waals surface area contributed by atoms with Crippen LogP contribution in [-0.4, -0.2) is 56.6 Å². The van der Waals surface area contributed by atoms with Gasteiger partial charge in [-0.25, -0.2) is 9.78 Å². The zero-order chi connectivity index (χ0) is 14.3. The number of ether oxygens (including phenoxy) is 2. The summed E-state index contributed by atoms with van der Waals surface area (Å²) < 4.78 is 10.0. The van der Waals surface area contributed by atoms with Crippen LogP contribution in [0.3, 0.4) is 0 Å². The van der Waals surface area contributed by atoms with Gasteiger partial charge in [0.05, 0.1) is 23.8 Å². The van der Waals surface area contributed by atoms with Gasteiger partial charge in [0.25, 0.3) is 0 Å². The van der Waals surface area contributed by atoms with Gasteiger partial charge in [-0.3, -0.25) is 0 Å². The standard InChI is InChI=1S/C12H17ClN2O4/c1-18-7-5-15(6-8-19-2)11-10(13)9(12(16)17)3-4-14-11/h3-4H,5-8H2,1-2H3,(H,16,17). The topological polar surface area (TPSA) is 71.9 Å². The van der Waals surface area contributed by atoms with Gasteiger partial charge in [-0.15, -0.1) is 0 Å². The highest BCUT2D eigenvalue weighted by atomic mass is 35.5. The van der Waals surface area contributed by atoms with Crippen LogP contribution in [0.4, 0.5) is 5.82 Å². The van der Waals surface area contributed by atoms with E-state index in [-0.39, 0.29) is 10.6 Å². The number of nitrogens with zero attached hydrogens (tertiary/aromatic N) is 2. The van der Waals surface area contributed by atoms with Crippen molar-refractivity contribution in [3.8, 4) is 0 Å². The first-order valence-corrected chi connectivity index (χ1v) is 6.10.